The molecular weight excluding hydrogens is 368 g/mol. The number of hydrogen-bond acceptors (Lipinski definition) is 5. The summed E-state index contributed by atoms with van der Waals surface area (Å²) in [7, 11) is 0. The number of carbonyl (C=O) groups excluding carboxylic acids is 2. The summed E-state index contributed by atoms with van der Waals surface area (Å²) < 4.78 is 11.0. The first-order valence-corrected chi connectivity index (χ1v) is 9.52. The van der Waals surface area contributed by atoms with E-state index >= 15 is 0 Å². The SMILES string of the molecule is CCOc1ccccc1NC(=O)C(C)OC(=O)c1c(C)nc2ccccc2c1C. The maximum Gasteiger partial charge on any atom is 0.341 e. The molecule has 0 aliphatic carbocycles. The fraction of sp³-hybridized carbons (Fsp3) is 0.261. The zero-order chi connectivity index (χ0) is 21.0. The van der Waals surface area contributed by atoms with E-state index in [0.717, 1.165) is 16.5 Å². The second-order valence-electron chi connectivity index (χ2n) is 6.68. The maximum absolute atomic E-state index is 12.8. The minimum Gasteiger partial charge on any atom is -0.492 e. The Bertz CT molecular complexity index is 1060. The third-order valence-corrected chi connectivity index (χ3v) is 4.63. The van der Waals surface area contributed by atoms with E-state index in [4.69, 9.17) is 9.47 Å². The Hall–Kier alpha value is -3.41. The van der Waals surface area contributed by atoms with E-state index < -0.39 is 18.0 Å². The molecule has 1 atom stereocenters. The minimum absolute atomic E-state index is 0.387. The lowest BCUT2D eigenvalue weighted by atomic mass is 10.0. The van der Waals surface area contributed by atoms with Gasteiger partial charge in [-0.15, -0.1) is 0 Å². The van der Waals surface area contributed by atoms with E-state index in [-0.39, 0.29) is 0 Å². The number of para-hydroxylation sites is 3. The van der Waals surface area contributed by atoms with Crippen LogP contribution >= 0.6 is 0 Å². The number of aryl methyl sites for hydroxylation is 2. The number of hydrogen-bond donors (Lipinski definition) is 1. The van der Waals surface area contributed by atoms with Crippen LogP contribution < -0.4 is 10.1 Å². The van der Waals surface area contributed by atoms with Crippen molar-refractivity contribution >= 4 is 28.5 Å². The van der Waals surface area contributed by atoms with Crippen LogP contribution in [-0.2, 0) is 9.53 Å². The normalized spacial score (nSPS) is 11.7. The molecule has 1 N–H and O–H groups in total. The second kappa shape index (κ2) is 8.73. The lowest BCUT2D eigenvalue weighted by Gasteiger charge is -2.17. The quantitative estimate of drug-likeness (QED) is 0.628. The van der Waals surface area contributed by atoms with E-state index in [9.17, 15) is 9.59 Å². The van der Waals surface area contributed by atoms with Gasteiger partial charge < -0.3 is 14.8 Å². The fourth-order valence-electron chi connectivity index (χ4n) is 3.19. The van der Waals surface area contributed by atoms with Gasteiger partial charge in [0.15, 0.2) is 6.10 Å². The van der Waals surface area contributed by atoms with E-state index in [1.807, 2.05) is 44.2 Å². The lowest BCUT2D eigenvalue weighted by Crippen LogP contribution is -2.30. The third kappa shape index (κ3) is 4.37. The Kier molecular flexibility index (Phi) is 6.12. The smallest absolute Gasteiger partial charge is 0.341 e. The summed E-state index contributed by atoms with van der Waals surface area (Å²) in [4.78, 5) is 29.8. The van der Waals surface area contributed by atoms with Gasteiger partial charge in [-0.2, -0.15) is 0 Å². The van der Waals surface area contributed by atoms with E-state index in [1.54, 1.807) is 25.1 Å². The number of esters is 1. The molecular formula is C23H24N2O4. The number of anilines is 1. The van der Waals surface area contributed by atoms with Crippen LogP contribution in [0, 0.1) is 13.8 Å². The minimum atomic E-state index is -0.984. The first-order valence-electron chi connectivity index (χ1n) is 9.52. The highest BCUT2D eigenvalue weighted by Crippen LogP contribution is 2.25. The zero-order valence-corrected chi connectivity index (χ0v) is 17.0. The number of rotatable bonds is 6. The monoisotopic (exact) mass is 392 g/mol. The summed E-state index contributed by atoms with van der Waals surface area (Å²) in [5.41, 5.74) is 3.09. The Balaban J connectivity index is 1.77. The summed E-state index contributed by atoms with van der Waals surface area (Å²) >= 11 is 0. The van der Waals surface area contributed by atoms with Crippen LogP contribution in [0.2, 0.25) is 0 Å². The Labute approximate surface area is 169 Å². The van der Waals surface area contributed by atoms with Crippen LogP contribution in [0.25, 0.3) is 10.9 Å². The van der Waals surface area contributed by atoms with Crippen molar-refractivity contribution in [3.05, 3.63) is 65.4 Å². The number of benzene rings is 2. The van der Waals surface area contributed by atoms with Crippen LogP contribution in [0.4, 0.5) is 5.69 Å². The van der Waals surface area contributed by atoms with Gasteiger partial charge in [-0.05, 0) is 51.5 Å². The largest absolute Gasteiger partial charge is 0.492 e. The molecule has 0 aliphatic rings. The van der Waals surface area contributed by atoms with Crippen molar-refractivity contribution in [1.82, 2.24) is 4.98 Å². The number of aromatic nitrogens is 1. The number of ether oxygens (including phenoxy) is 2. The van der Waals surface area contributed by atoms with Crippen LogP contribution in [-0.4, -0.2) is 29.6 Å². The molecule has 6 heteroatoms. The molecule has 1 unspecified atom stereocenters. The van der Waals surface area contributed by atoms with Gasteiger partial charge >= 0.3 is 5.97 Å². The van der Waals surface area contributed by atoms with Gasteiger partial charge in [0.2, 0.25) is 0 Å². The third-order valence-electron chi connectivity index (χ3n) is 4.63. The molecule has 0 bridgehead atoms. The molecule has 0 saturated carbocycles. The van der Waals surface area contributed by atoms with Crippen molar-refractivity contribution in [2.45, 2.75) is 33.8 Å². The topological polar surface area (TPSA) is 77.5 Å². The van der Waals surface area contributed by atoms with Gasteiger partial charge in [-0.25, -0.2) is 4.79 Å². The van der Waals surface area contributed by atoms with Crippen molar-refractivity contribution in [2.24, 2.45) is 0 Å². The zero-order valence-electron chi connectivity index (χ0n) is 17.0. The van der Waals surface area contributed by atoms with Crippen molar-refractivity contribution in [3.8, 4) is 5.75 Å². The van der Waals surface area contributed by atoms with E-state index in [0.29, 0.717) is 29.3 Å². The molecule has 1 aromatic heterocycles. The van der Waals surface area contributed by atoms with Gasteiger partial charge in [0, 0.05) is 5.39 Å². The number of pyridine rings is 1. The molecule has 0 spiro atoms. The molecule has 3 aromatic rings. The second-order valence-corrected chi connectivity index (χ2v) is 6.68. The average Bonchev–Trinajstić information content (AvgIpc) is 2.69. The Morgan fingerprint density at radius 3 is 2.52 bits per heavy atom. The maximum atomic E-state index is 12.8. The summed E-state index contributed by atoms with van der Waals surface area (Å²) in [6.07, 6.45) is -0.984. The van der Waals surface area contributed by atoms with Crippen molar-refractivity contribution in [3.63, 3.8) is 0 Å². The molecule has 1 amide bonds. The molecule has 0 fully saturated rings. The molecule has 0 radical (unpaired) electrons. The predicted octanol–water partition coefficient (Wildman–Crippen LogP) is 4.43. The van der Waals surface area contributed by atoms with E-state index in [2.05, 4.69) is 10.3 Å². The molecule has 150 valence electrons. The summed E-state index contributed by atoms with van der Waals surface area (Å²) in [5.74, 6) is -0.444. The number of carbonyl (C=O) groups is 2. The first-order chi connectivity index (χ1) is 13.9. The van der Waals surface area contributed by atoms with Crippen LogP contribution in [0.5, 0.6) is 5.75 Å². The highest BCUT2D eigenvalue weighted by molar-refractivity contribution is 6.01. The molecule has 2 aromatic carbocycles. The van der Waals surface area contributed by atoms with Crippen LogP contribution in [0.1, 0.15) is 35.5 Å². The fourth-order valence-corrected chi connectivity index (χ4v) is 3.19. The van der Waals surface area contributed by atoms with Gasteiger partial charge in [0.25, 0.3) is 5.91 Å². The molecule has 6 nitrogen and oxygen atoms in total. The van der Waals surface area contributed by atoms with Gasteiger partial charge in [-0.1, -0.05) is 30.3 Å². The average molecular weight is 392 g/mol. The predicted molar refractivity (Wildman–Crippen MR) is 112 cm³/mol. The summed E-state index contributed by atoms with van der Waals surface area (Å²) in [5, 5.41) is 3.64. The van der Waals surface area contributed by atoms with Crippen molar-refractivity contribution < 1.29 is 19.1 Å². The number of nitrogens with one attached hydrogen (secondary N) is 1. The van der Waals surface area contributed by atoms with Gasteiger partial charge in [0.1, 0.15) is 5.75 Å². The molecule has 0 aliphatic heterocycles. The van der Waals surface area contributed by atoms with E-state index in [1.165, 1.54) is 6.92 Å². The summed E-state index contributed by atoms with van der Waals surface area (Å²) in [6.45, 7) is 7.50. The standard InChI is InChI=1S/C23H24N2O4/c1-5-28-20-13-9-8-12-19(20)25-22(26)16(4)29-23(27)21-14(2)17-10-6-7-11-18(17)24-15(21)3/h6-13,16H,5H2,1-4H3,(H,25,26). The highest BCUT2D eigenvalue weighted by atomic mass is 16.5. The summed E-state index contributed by atoms with van der Waals surface area (Å²) in [6, 6.07) is 14.7. The van der Waals surface area contributed by atoms with Gasteiger partial charge in [0.05, 0.1) is 29.1 Å². The van der Waals surface area contributed by atoms with Crippen LogP contribution in [0.15, 0.2) is 48.5 Å². The van der Waals surface area contributed by atoms with Gasteiger partial charge in [-0.3, -0.25) is 9.78 Å². The molecule has 3 rings (SSSR count). The molecule has 29 heavy (non-hydrogen) atoms. The number of fused-ring (bicyclic) bond motifs is 1. The first kappa shape index (κ1) is 20.3. The van der Waals surface area contributed by atoms with Crippen molar-refractivity contribution in [2.75, 3.05) is 11.9 Å². The molecule has 0 saturated heterocycles. The Morgan fingerprint density at radius 1 is 1.07 bits per heavy atom. The molecule has 1 heterocycles. The van der Waals surface area contributed by atoms with Crippen LogP contribution in [0.3, 0.4) is 0 Å². The number of nitrogens with zero attached hydrogens (tertiary/aromatic N) is 1. The highest BCUT2D eigenvalue weighted by Gasteiger charge is 2.23. The Morgan fingerprint density at radius 2 is 1.76 bits per heavy atom. The number of amides is 1. The lowest BCUT2D eigenvalue weighted by molar-refractivity contribution is -0.123. The van der Waals surface area contributed by atoms with Crippen molar-refractivity contribution in [1.29, 1.82) is 0 Å².